The molecule has 2 nitrogen and oxygen atoms in total. The van der Waals surface area contributed by atoms with E-state index in [2.05, 4.69) is 50.3 Å². The standard InChI is InChI=1S/C23H24O2/c1-3-4-5-9-20-16-19-15-17(2)11-12-22(19)25-23(20)14-13-18-8-6-7-10-21(18)24-23/h6-8,10-16H,3-5,9H2,1-2H3. The van der Waals surface area contributed by atoms with Gasteiger partial charge >= 0.3 is 0 Å². The summed E-state index contributed by atoms with van der Waals surface area (Å²) < 4.78 is 12.9. The maximum Gasteiger partial charge on any atom is 0.294 e. The van der Waals surface area contributed by atoms with E-state index < -0.39 is 5.79 Å². The first kappa shape index (κ1) is 16.0. The Morgan fingerprint density at radius 2 is 1.72 bits per heavy atom. The van der Waals surface area contributed by atoms with Crippen molar-refractivity contribution >= 4 is 12.2 Å². The summed E-state index contributed by atoms with van der Waals surface area (Å²) in [7, 11) is 0. The minimum Gasteiger partial charge on any atom is -0.444 e. The molecule has 0 amide bonds. The molecule has 2 heteroatoms. The lowest BCUT2D eigenvalue weighted by molar-refractivity contribution is -0.0439. The SMILES string of the molecule is CCCCCC1=Cc2cc(C)ccc2OC12C=Cc1ccccc1O2. The molecular formula is C23H24O2. The maximum atomic E-state index is 6.44. The Labute approximate surface area is 149 Å². The molecule has 2 aliphatic rings. The molecule has 0 bridgehead atoms. The molecule has 4 rings (SSSR count). The fraction of sp³-hybridized carbons (Fsp3) is 0.304. The molecule has 2 heterocycles. The molecule has 1 atom stereocenters. The predicted molar refractivity (Wildman–Crippen MR) is 103 cm³/mol. The van der Waals surface area contributed by atoms with Gasteiger partial charge in [0.25, 0.3) is 5.79 Å². The van der Waals surface area contributed by atoms with Gasteiger partial charge in [0.1, 0.15) is 11.5 Å². The Balaban J connectivity index is 1.75. The van der Waals surface area contributed by atoms with Crippen molar-refractivity contribution in [3.8, 4) is 11.5 Å². The van der Waals surface area contributed by atoms with Gasteiger partial charge in [0, 0.05) is 22.8 Å². The van der Waals surface area contributed by atoms with Gasteiger partial charge in [-0.05, 0) is 50.1 Å². The Morgan fingerprint density at radius 1 is 0.920 bits per heavy atom. The second-order valence-corrected chi connectivity index (χ2v) is 6.91. The van der Waals surface area contributed by atoms with Crippen LogP contribution < -0.4 is 9.47 Å². The van der Waals surface area contributed by atoms with Crippen LogP contribution in [0.4, 0.5) is 0 Å². The summed E-state index contributed by atoms with van der Waals surface area (Å²) in [6, 6.07) is 14.4. The van der Waals surface area contributed by atoms with Gasteiger partial charge in [-0.25, -0.2) is 0 Å². The first-order valence-corrected chi connectivity index (χ1v) is 9.18. The largest absolute Gasteiger partial charge is 0.444 e. The zero-order chi connectivity index (χ0) is 17.3. The molecule has 2 aromatic carbocycles. The second-order valence-electron chi connectivity index (χ2n) is 6.91. The third kappa shape index (κ3) is 2.97. The van der Waals surface area contributed by atoms with Gasteiger partial charge in [-0.1, -0.05) is 49.6 Å². The van der Waals surface area contributed by atoms with E-state index >= 15 is 0 Å². The van der Waals surface area contributed by atoms with E-state index in [-0.39, 0.29) is 0 Å². The van der Waals surface area contributed by atoms with Crippen molar-refractivity contribution < 1.29 is 9.47 Å². The van der Waals surface area contributed by atoms with Crippen LogP contribution in [0, 0.1) is 6.92 Å². The van der Waals surface area contributed by atoms with Gasteiger partial charge in [-0.15, -0.1) is 0 Å². The average Bonchev–Trinajstić information content (AvgIpc) is 2.63. The highest BCUT2D eigenvalue weighted by molar-refractivity contribution is 5.69. The molecule has 0 radical (unpaired) electrons. The third-order valence-electron chi connectivity index (χ3n) is 4.92. The summed E-state index contributed by atoms with van der Waals surface area (Å²) in [5.74, 6) is 0.945. The molecule has 1 unspecified atom stereocenters. The van der Waals surface area contributed by atoms with Crippen LogP contribution in [-0.4, -0.2) is 5.79 Å². The van der Waals surface area contributed by atoms with Crippen LogP contribution in [0.1, 0.15) is 49.3 Å². The van der Waals surface area contributed by atoms with Crippen LogP contribution in [0.15, 0.2) is 54.1 Å². The van der Waals surface area contributed by atoms with E-state index in [0.29, 0.717) is 0 Å². The molecule has 2 aromatic rings. The van der Waals surface area contributed by atoms with E-state index in [1.54, 1.807) is 0 Å². The molecule has 128 valence electrons. The molecule has 0 saturated heterocycles. The Hall–Kier alpha value is -2.48. The minimum atomic E-state index is -0.815. The number of para-hydroxylation sites is 1. The van der Waals surface area contributed by atoms with Crippen molar-refractivity contribution in [3.05, 3.63) is 70.8 Å². The smallest absolute Gasteiger partial charge is 0.294 e. The maximum absolute atomic E-state index is 6.44. The third-order valence-corrected chi connectivity index (χ3v) is 4.92. The molecular weight excluding hydrogens is 308 g/mol. The van der Waals surface area contributed by atoms with Gasteiger partial charge in [0.15, 0.2) is 0 Å². The number of hydrogen-bond donors (Lipinski definition) is 0. The van der Waals surface area contributed by atoms with E-state index in [0.717, 1.165) is 35.5 Å². The molecule has 0 aliphatic carbocycles. The Kier molecular flexibility index (Phi) is 4.12. The number of ether oxygens (including phenoxy) is 2. The zero-order valence-corrected chi connectivity index (χ0v) is 14.9. The summed E-state index contributed by atoms with van der Waals surface area (Å²) in [4.78, 5) is 0. The summed E-state index contributed by atoms with van der Waals surface area (Å²) in [5.41, 5.74) is 4.69. The molecule has 2 aliphatic heterocycles. The van der Waals surface area contributed by atoms with Crippen molar-refractivity contribution in [2.75, 3.05) is 0 Å². The van der Waals surface area contributed by atoms with E-state index in [1.165, 1.54) is 24.0 Å². The van der Waals surface area contributed by atoms with Crippen LogP contribution >= 0.6 is 0 Å². The highest BCUT2D eigenvalue weighted by Gasteiger charge is 2.41. The normalized spacial score (nSPS) is 20.3. The van der Waals surface area contributed by atoms with Gasteiger partial charge in [-0.3, -0.25) is 0 Å². The molecule has 0 N–H and O–H groups in total. The minimum absolute atomic E-state index is 0.815. The van der Waals surface area contributed by atoms with Crippen molar-refractivity contribution in [2.45, 2.75) is 45.3 Å². The molecule has 1 spiro atoms. The number of unbranched alkanes of at least 4 members (excludes halogenated alkanes) is 2. The van der Waals surface area contributed by atoms with Gasteiger partial charge < -0.3 is 9.47 Å². The monoisotopic (exact) mass is 332 g/mol. The zero-order valence-electron chi connectivity index (χ0n) is 14.9. The number of benzene rings is 2. The summed E-state index contributed by atoms with van der Waals surface area (Å²) in [5, 5.41) is 0. The predicted octanol–water partition coefficient (Wildman–Crippen LogP) is 6.15. The van der Waals surface area contributed by atoms with Crippen molar-refractivity contribution in [1.29, 1.82) is 0 Å². The lowest BCUT2D eigenvalue weighted by Gasteiger charge is -2.39. The number of hydrogen-bond acceptors (Lipinski definition) is 2. The van der Waals surface area contributed by atoms with Crippen molar-refractivity contribution in [2.24, 2.45) is 0 Å². The van der Waals surface area contributed by atoms with E-state index in [9.17, 15) is 0 Å². The first-order chi connectivity index (χ1) is 12.2. The second kappa shape index (κ2) is 6.44. The fourth-order valence-corrected chi connectivity index (χ4v) is 3.54. The number of rotatable bonds is 4. The summed E-state index contributed by atoms with van der Waals surface area (Å²) in [6.07, 6.45) is 11.0. The molecule has 25 heavy (non-hydrogen) atoms. The topological polar surface area (TPSA) is 18.5 Å². The summed E-state index contributed by atoms with van der Waals surface area (Å²) in [6.45, 7) is 4.34. The highest BCUT2D eigenvalue weighted by Crippen LogP contribution is 2.43. The van der Waals surface area contributed by atoms with Crippen LogP contribution in [0.25, 0.3) is 12.2 Å². The van der Waals surface area contributed by atoms with Crippen LogP contribution in [0.3, 0.4) is 0 Å². The lowest BCUT2D eigenvalue weighted by atomic mass is 9.91. The molecule has 0 saturated carbocycles. The average molecular weight is 332 g/mol. The van der Waals surface area contributed by atoms with Crippen LogP contribution in [0.2, 0.25) is 0 Å². The van der Waals surface area contributed by atoms with Gasteiger partial charge in [-0.2, -0.15) is 0 Å². The van der Waals surface area contributed by atoms with Crippen molar-refractivity contribution in [1.82, 2.24) is 0 Å². The first-order valence-electron chi connectivity index (χ1n) is 9.18. The van der Waals surface area contributed by atoms with Crippen molar-refractivity contribution in [3.63, 3.8) is 0 Å². The van der Waals surface area contributed by atoms with Gasteiger partial charge in [0.05, 0.1) is 0 Å². The lowest BCUT2D eigenvalue weighted by Crippen LogP contribution is -2.45. The van der Waals surface area contributed by atoms with E-state index in [1.807, 2.05) is 24.3 Å². The Bertz CT molecular complexity index is 847. The summed E-state index contributed by atoms with van der Waals surface area (Å²) >= 11 is 0. The van der Waals surface area contributed by atoms with E-state index in [4.69, 9.17) is 9.47 Å². The molecule has 0 fully saturated rings. The highest BCUT2D eigenvalue weighted by atomic mass is 16.7. The number of aryl methyl sites for hydroxylation is 1. The van der Waals surface area contributed by atoms with Gasteiger partial charge in [0.2, 0.25) is 0 Å². The Morgan fingerprint density at radius 3 is 2.56 bits per heavy atom. The molecule has 0 aromatic heterocycles. The van der Waals surface area contributed by atoms with Crippen LogP contribution in [-0.2, 0) is 0 Å². The number of fused-ring (bicyclic) bond motifs is 2. The fourth-order valence-electron chi connectivity index (χ4n) is 3.54. The van der Waals surface area contributed by atoms with Crippen LogP contribution in [0.5, 0.6) is 11.5 Å². The quantitative estimate of drug-likeness (QED) is 0.625.